The summed E-state index contributed by atoms with van der Waals surface area (Å²) in [5.41, 5.74) is 8.04. The smallest absolute Gasteiger partial charge is 0.219 e. The molecule has 1 aromatic rings. The van der Waals surface area contributed by atoms with Crippen LogP contribution in [0.5, 0.6) is 0 Å². The van der Waals surface area contributed by atoms with Gasteiger partial charge in [0.25, 0.3) is 0 Å². The molecule has 0 radical (unpaired) electrons. The Labute approximate surface area is 94.4 Å². The third-order valence-electron chi connectivity index (χ3n) is 2.01. The summed E-state index contributed by atoms with van der Waals surface area (Å²) >= 11 is 0. The van der Waals surface area contributed by atoms with E-state index in [0.29, 0.717) is 5.82 Å². The number of nitrogens with one attached hydrogen (secondary N) is 2. The Morgan fingerprint density at radius 1 is 1.56 bits per heavy atom. The molecule has 1 aromatic heterocycles. The van der Waals surface area contributed by atoms with Crippen molar-refractivity contribution in [2.45, 2.75) is 25.8 Å². The number of anilines is 2. The maximum absolute atomic E-state index is 10.9. The number of pyridine rings is 1. The summed E-state index contributed by atoms with van der Waals surface area (Å²) in [6.45, 7) is 3.79. The standard InChI is InChI=1S/C10H17N5O/c1-10(2,6-8(11)16)14-7-3-4-13-9(5-7)15-12/h3-5H,6,12H2,1-2H3,(H2,11,16)(H2,13,14,15). The van der Waals surface area contributed by atoms with Gasteiger partial charge in [-0.1, -0.05) is 0 Å². The maximum atomic E-state index is 10.9. The van der Waals surface area contributed by atoms with Gasteiger partial charge in [0.15, 0.2) is 0 Å². The molecular weight excluding hydrogens is 206 g/mol. The number of nitrogen functional groups attached to an aromatic ring is 1. The summed E-state index contributed by atoms with van der Waals surface area (Å²) in [6.07, 6.45) is 1.87. The first-order valence-corrected chi connectivity index (χ1v) is 4.92. The second-order valence-electron chi connectivity index (χ2n) is 4.23. The highest BCUT2D eigenvalue weighted by molar-refractivity contribution is 5.75. The van der Waals surface area contributed by atoms with Gasteiger partial charge in [0, 0.05) is 29.9 Å². The van der Waals surface area contributed by atoms with E-state index in [-0.39, 0.29) is 12.3 Å². The van der Waals surface area contributed by atoms with Crippen LogP contribution in [0, 0.1) is 0 Å². The topological polar surface area (TPSA) is 106 Å². The number of carbonyl (C=O) groups excluding carboxylic acids is 1. The van der Waals surface area contributed by atoms with Gasteiger partial charge in [-0.25, -0.2) is 10.8 Å². The number of hydrogen-bond acceptors (Lipinski definition) is 5. The van der Waals surface area contributed by atoms with Crippen LogP contribution in [0.1, 0.15) is 20.3 Å². The molecule has 0 bridgehead atoms. The molecule has 0 aliphatic heterocycles. The average molecular weight is 223 g/mol. The summed E-state index contributed by atoms with van der Waals surface area (Å²) in [7, 11) is 0. The van der Waals surface area contributed by atoms with Crippen LogP contribution in [0.25, 0.3) is 0 Å². The number of nitrogens with zero attached hydrogens (tertiary/aromatic N) is 1. The van der Waals surface area contributed by atoms with Crippen molar-refractivity contribution in [1.82, 2.24) is 4.98 Å². The molecular formula is C10H17N5O. The van der Waals surface area contributed by atoms with Crippen LogP contribution in [-0.2, 0) is 4.79 Å². The van der Waals surface area contributed by atoms with Crippen molar-refractivity contribution < 1.29 is 4.79 Å². The van der Waals surface area contributed by atoms with Crippen LogP contribution in [0.15, 0.2) is 18.3 Å². The zero-order valence-electron chi connectivity index (χ0n) is 9.45. The first-order valence-electron chi connectivity index (χ1n) is 4.92. The van der Waals surface area contributed by atoms with Crippen LogP contribution in [0.4, 0.5) is 11.5 Å². The Bertz CT molecular complexity index is 377. The fourth-order valence-electron chi connectivity index (χ4n) is 1.46. The first-order chi connectivity index (χ1) is 7.43. The van der Waals surface area contributed by atoms with E-state index < -0.39 is 5.54 Å². The fourth-order valence-corrected chi connectivity index (χ4v) is 1.46. The summed E-state index contributed by atoms with van der Waals surface area (Å²) in [5.74, 6) is 5.46. The SMILES string of the molecule is CC(C)(CC(N)=O)Nc1ccnc(NN)c1. The van der Waals surface area contributed by atoms with E-state index >= 15 is 0 Å². The lowest BCUT2D eigenvalue weighted by Gasteiger charge is -2.26. The Morgan fingerprint density at radius 3 is 2.81 bits per heavy atom. The minimum Gasteiger partial charge on any atom is -0.379 e. The molecule has 16 heavy (non-hydrogen) atoms. The molecule has 0 spiro atoms. The zero-order valence-corrected chi connectivity index (χ0v) is 9.45. The minimum atomic E-state index is -0.404. The van der Waals surface area contributed by atoms with E-state index in [1.165, 1.54) is 0 Å². The summed E-state index contributed by atoms with van der Waals surface area (Å²) in [5, 5.41) is 3.19. The quantitative estimate of drug-likeness (QED) is 0.428. The number of hydrazine groups is 1. The minimum absolute atomic E-state index is 0.251. The maximum Gasteiger partial charge on any atom is 0.219 e. The van der Waals surface area contributed by atoms with Gasteiger partial charge in [-0.2, -0.15) is 0 Å². The summed E-state index contributed by atoms with van der Waals surface area (Å²) < 4.78 is 0. The van der Waals surface area contributed by atoms with Crippen LogP contribution < -0.4 is 22.3 Å². The van der Waals surface area contributed by atoms with E-state index in [1.54, 1.807) is 18.3 Å². The lowest BCUT2D eigenvalue weighted by atomic mass is 10.00. The van der Waals surface area contributed by atoms with Crippen molar-refractivity contribution in [3.8, 4) is 0 Å². The van der Waals surface area contributed by atoms with E-state index in [4.69, 9.17) is 11.6 Å². The van der Waals surface area contributed by atoms with Crippen molar-refractivity contribution in [2.24, 2.45) is 11.6 Å². The van der Waals surface area contributed by atoms with E-state index in [0.717, 1.165) is 5.69 Å². The monoisotopic (exact) mass is 223 g/mol. The molecule has 6 heteroatoms. The molecule has 0 atom stereocenters. The van der Waals surface area contributed by atoms with Gasteiger partial charge in [-0.15, -0.1) is 0 Å². The van der Waals surface area contributed by atoms with Crippen LogP contribution in [0.2, 0.25) is 0 Å². The van der Waals surface area contributed by atoms with Gasteiger partial charge >= 0.3 is 0 Å². The number of aromatic nitrogens is 1. The van der Waals surface area contributed by atoms with Crippen LogP contribution >= 0.6 is 0 Å². The second kappa shape index (κ2) is 4.80. The van der Waals surface area contributed by atoms with Crippen LogP contribution in [-0.4, -0.2) is 16.4 Å². The molecule has 1 heterocycles. The zero-order chi connectivity index (χ0) is 12.2. The lowest BCUT2D eigenvalue weighted by molar-refractivity contribution is -0.118. The van der Waals surface area contributed by atoms with Crippen molar-refractivity contribution in [1.29, 1.82) is 0 Å². The number of rotatable bonds is 5. The van der Waals surface area contributed by atoms with Crippen molar-refractivity contribution in [2.75, 3.05) is 10.7 Å². The molecule has 0 fully saturated rings. The third kappa shape index (κ3) is 3.74. The molecule has 1 amide bonds. The molecule has 0 aliphatic carbocycles. The molecule has 0 unspecified atom stereocenters. The molecule has 6 nitrogen and oxygen atoms in total. The van der Waals surface area contributed by atoms with E-state index in [9.17, 15) is 4.79 Å². The second-order valence-corrected chi connectivity index (χ2v) is 4.23. The molecule has 0 saturated heterocycles. The Balaban J connectivity index is 2.75. The highest BCUT2D eigenvalue weighted by Crippen LogP contribution is 2.19. The van der Waals surface area contributed by atoms with Gasteiger partial charge in [-0.3, -0.25) is 4.79 Å². The number of amides is 1. The lowest BCUT2D eigenvalue weighted by Crippen LogP contribution is -2.36. The number of nitrogens with two attached hydrogens (primary N) is 2. The van der Waals surface area contributed by atoms with Crippen LogP contribution in [0.3, 0.4) is 0 Å². The predicted molar refractivity (Wildman–Crippen MR) is 63.6 cm³/mol. The molecule has 0 aromatic carbocycles. The van der Waals surface area contributed by atoms with Gasteiger partial charge in [0.2, 0.25) is 5.91 Å². The third-order valence-corrected chi connectivity index (χ3v) is 2.01. The number of primary amides is 1. The van der Waals surface area contributed by atoms with Crippen molar-refractivity contribution in [3.05, 3.63) is 18.3 Å². The predicted octanol–water partition coefficient (Wildman–Crippen LogP) is 0.433. The highest BCUT2D eigenvalue weighted by Gasteiger charge is 2.20. The van der Waals surface area contributed by atoms with Gasteiger partial charge in [0.1, 0.15) is 5.82 Å². The molecule has 0 aliphatic rings. The van der Waals surface area contributed by atoms with Gasteiger partial charge < -0.3 is 16.5 Å². The fraction of sp³-hybridized carbons (Fsp3) is 0.400. The number of carbonyl (C=O) groups is 1. The van der Waals surface area contributed by atoms with Crippen molar-refractivity contribution >= 4 is 17.4 Å². The molecule has 1 rings (SSSR count). The molecule has 0 saturated carbocycles. The first kappa shape index (κ1) is 12.3. The van der Waals surface area contributed by atoms with Gasteiger partial charge in [-0.05, 0) is 19.9 Å². The van der Waals surface area contributed by atoms with Crippen molar-refractivity contribution in [3.63, 3.8) is 0 Å². The number of hydrogen-bond donors (Lipinski definition) is 4. The summed E-state index contributed by atoms with van der Waals surface area (Å²) in [6, 6.07) is 3.55. The van der Waals surface area contributed by atoms with E-state index in [2.05, 4.69) is 15.7 Å². The normalized spacial score (nSPS) is 10.9. The summed E-state index contributed by atoms with van der Waals surface area (Å²) in [4.78, 5) is 14.8. The molecule has 88 valence electrons. The Morgan fingerprint density at radius 2 is 2.25 bits per heavy atom. The Hall–Kier alpha value is -1.82. The largest absolute Gasteiger partial charge is 0.379 e. The Kier molecular flexibility index (Phi) is 3.68. The average Bonchev–Trinajstić information content (AvgIpc) is 2.15. The highest BCUT2D eigenvalue weighted by atomic mass is 16.1. The van der Waals surface area contributed by atoms with Gasteiger partial charge in [0.05, 0.1) is 0 Å². The van der Waals surface area contributed by atoms with E-state index in [1.807, 2.05) is 13.8 Å². The molecule has 6 N–H and O–H groups in total.